The minimum atomic E-state index is -0.645. The molecule has 1 aromatic carbocycles. The predicted molar refractivity (Wildman–Crippen MR) is 86.9 cm³/mol. The number of aldehydes is 1. The Morgan fingerprint density at radius 3 is 2.44 bits per heavy atom. The van der Waals surface area contributed by atoms with Crippen molar-refractivity contribution in [2.24, 2.45) is 0 Å². The summed E-state index contributed by atoms with van der Waals surface area (Å²) >= 11 is 0. The Morgan fingerprint density at radius 2 is 1.84 bits per heavy atom. The number of hydrogen-bond acceptors (Lipinski definition) is 6. The first-order valence-electron chi connectivity index (χ1n) is 7.66. The van der Waals surface area contributed by atoms with Crippen LogP contribution in [0.4, 0.5) is 4.79 Å². The van der Waals surface area contributed by atoms with Gasteiger partial charge in [0.05, 0.1) is 29.5 Å². The number of esters is 2. The van der Waals surface area contributed by atoms with Crippen molar-refractivity contribution in [2.75, 3.05) is 13.2 Å². The number of nitrogens with one attached hydrogen (secondary N) is 2. The highest BCUT2D eigenvalue weighted by Crippen LogP contribution is 2.15. The van der Waals surface area contributed by atoms with Gasteiger partial charge in [0.25, 0.3) is 0 Å². The predicted octanol–water partition coefficient (Wildman–Crippen LogP) is 1.17. The Morgan fingerprint density at radius 1 is 1.16 bits per heavy atom. The molecule has 0 aliphatic carbocycles. The van der Waals surface area contributed by atoms with Crippen LogP contribution in [-0.4, -0.2) is 43.5 Å². The highest BCUT2D eigenvalue weighted by Gasteiger charge is 2.30. The Balaban J connectivity index is 2.14. The maximum atomic E-state index is 12.1. The zero-order valence-corrected chi connectivity index (χ0v) is 13.8. The molecule has 0 unspecified atom stereocenters. The number of carbonyl (C=O) groups is 4. The van der Waals surface area contributed by atoms with Crippen molar-refractivity contribution in [3.63, 3.8) is 0 Å². The molecular weight excluding hydrogens is 328 g/mol. The van der Waals surface area contributed by atoms with Crippen LogP contribution in [0.5, 0.6) is 0 Å². The lowest BCUT2D eigenvalue weighted by molar-refractivity contribution is -0.139. The van der Waals surface area contributed by atoms with Gasteiger partial charge in [-0.2, -0.15) is 0 Å². The van der Waals surface area contributed by atoms with Crippen molar-refractivity contribution in [3.05, 3.63) is 46.7 Å². The quantitative estimate of drug-likeness (QED) is 0.591. The fraction of sp³-hybridized carbons (Fsp3) is 0.294. The molecule has 2 amide bonds. The van der Waals surface area contributed by atoms with E-state index in [1.54, 1.807) is 13.8 Å². The van der Waals surface area contributed by atoms with Gasteiger partial charge in [-0.3, -0.25) is 4.79 Å². The molecule has 0 saturated carbocycles. The highest BCUT2D eigenvalue weighted by atomic mass is 16.5. The fourth-order valence-electron chi connectivity index (χ4n) is 2.31. The first-order valence-corrected chi connectivity index (χ1v) is 7.66. The van der Waals surface area contributed by atoms with E-state index in [0.29, 0.717) is 11.8 Å². The second-order valence-electron chi connectivity index (χ2n) is 5.25. The van der Waals surface area contributed by atoms with Crippen LogP contribution in [0.25, 0.3) is 0 Å². The number of ether oxygens (including phenoxy) is 2. The minimum Gasteiger partial charge on any atom is -0.463 e. The standard InChI is InChI=1S/C17H18N2O6/c1-3-24-16(22)14-10(2)18-17(23)19-13(14)9-25-15(21)12-6-4-11(8-20)5-7-12/h4-8,10H,3,9H2,1-2H3,(H2,18,19,23)/t10-/m0/s1. The van der Waals surface area contributed by atoms with Gasteiger partial charge in [-0.1, -0.05) is 12.1 Å². The van der Waals surface area contributed by atoms with Crippen molar-refractivity contribution >= 4 is 24.3 Å². The van der Waals surface area contributed by atoms with E-state index >= 15 is 0 Å². The van der Waals surface area contributed by atoms with E-state index in [4.69, 9.17) is 9.47 Å². The molecule has 8 heteroatoms. The third kappa shape index (κ3) is 4.43. The van der Waals surface area contributed by atoms with E-state index in [1.807, 2.05) is 0 Å². The van der Waals surface area contributed by atoms with Gasteiger partial charge >= 0.3 is 18.0 Å². The molecule has 0 spiro atoms. The molecule has 2 N–H and O–H groups in total. The number of carbonyl (C=O) groups excluding carboxylic acids is 4. The van der Waals surface area contributed by atoms with Crippen molar-refractivity contribution in [1.29, 1.82) is 0 Å². The lowest BCUT2D eigenvalue weighted by atomic mass is 10.0. The maximum absolute atomic E-state index is 12.1. The first-order chi connectivity index (χ1) is 12.0. The van der Waals surface area contributed by atoms with E-state index in [0.717, 1.165) is 0 Å². The van der Waals surface area contributed by atoms with Gasteiger partial charge in [0, 0.05) is 5.56 Å². The summed E-state index contributed by atoms with van der Waals surface area (Å²) in [6.45, 7) is 3.19. The molecule has 1 atom stereocenters. The molecule has 1 aromatic rings. The van der Waals surface area contributed by atoms with E-state index in [1.165, 1.54) is 24.3 Å². The molecule has 0 radical (unpaired) electrons. The summed E-state index contributed by atoms with van der Waals surface area (Å²) in [6.07, 6.45) is 0.664. The largest absolute Gasteiger partial charge is 0.463 e. The first kappa shape index (κ1) is 18.2. The van der Waals surface area contributed by atoms with Crippen LogP contribution in [-0.2, 0) is 14.3 Å². The second-order valence-corrected chi connectivity index (χ2v) is 5.25. The van der Waals surface area contributed by atoms with Crippen LogP contribution in [0.3, 0.4) is 0 Å². The van der Waals surface area contributed by atoms with Crippen molar-refractivity contribution in [3.8, 4) is 0 Å². The van der Waals surface area contributed by atoms with Crippen LogP contribution in [0, 0.1) is 0 Å². The molecular formula is C17H18N2O6. The molecule has 0 saturated heterocycles. The summed E-state index contributed by atoms with van der Waals surface area (Å²) in [6, 6.07) is 4.81. The lowest BCUT2D eigenvalue weighted by Crippen LogP contribution is -2.50. The molecule has 25 heavy (non-hydrogen) atoms. The van der Waals surface area contributed by atoms with Crippen molar-refractivity contribution in [1.82, 2.24) is 10.6 Å². The molecule has 0 fully saturated rings. The second kappa shape index (κ2) is 8.09. The average Bonchev–Trinajstić information content (AvgIpc) is 2.59. The molecule has 1 aliphatic heterocycles. The van der Waals surface area contributed by atoms with Crippen LogP contribution in [0.2, 0.25) is 0 Å². The summed E-state index contributed by atoms with van der Waals surface area (Å²) < 4.78 is 10.1. The summed E-state index contributed by atoms with van der Waals surface area (Å²) in [5, 5.41) is 5.01. The normalized spacial score (nSPS) is 16.6. The molecule has 0 aromatic heterocycles. The topological polar surface area (TPSA) is 111 Å². The number of rotatable bonds is 6. The SMILES string of the molecule is CCOC(=O)C1=C(COC(=O)c2ccc(C=O)cc2)NC(=O)N[C@H]1C. The van der Waals surface area contributed by atoms with Gasteiger partial charge in [0.2, 0.25) is 0 Å². The molecule has 8 nitrogen and oxygen atoms in total. The molecule has 1 aliphatic rings. The molecule has 1 heterocycles. The summed E-state index contributed by atoms with van der Waals surface area (Å²) in [5.41, 5.74) is 1.05. The Hall–Kier alpha value is -3.16. The number of benzene rings is 1. The zero-order valence-electron chi connectivity index (χ0n) is 13.8. The molecule has 132 valence electrons. The Labute approximate surface area is 144 Å². The summed E-state index contributed by atoms with van der Waals surface area (Å²) in [4.78, 5) is 46.4. The lowest BCUT2D eigenvalue weighted by Gasteiger charge is -2.26. The Bertz CT molecular complexity index is 723. The van der Waals surface area contributed by atoms with Gasteiger partial charge in [-0.15, -0.1) is 0 Å². The van der Waals surface area contributed by atoms with Crippen LogP contribution < -0.4 is 10.6 Å². The minimum absolute atomic E-state index is 0.174. The van der Waals surface area contributed by atoms with E-state index in [2.05, 4.69) is 10.6 Å². The van der Waals surface area contributed by atoms with E-state index in [9.17, 15) is 19.2 Å². The third-order valence-electron chi connectivity index (χ3n) is 3.50. The van der Waals surface area contributed by atoms with Gasteiger partial charge in [0.15, 0.2) is 0 Å². The van der Waals surface area contributed by atoms with E-state index < -0.39 is 24.0 Å². The summed E-state index contributed by atoms with van der Waals surface area (Å²) in [5.74, 6) is -1.24. The highest BCUT2D eigenvalue weighted by molar-refractivity contribution is 5.95. The number of amides is 2. The Kier molecular flexibility index (Phi) is 5.89. The average molecular weight is 346 g/mol. The number of urea groups is 1. The molecule has 0 bridgehead atoms. The van der Waals surface area contributed by atoms with Crippen LogP contribution in [0.15, 0.2) is 35.5 Å². The van der Waals surface area contributed by atoms with Crippen LogP contribution >= 0.6 is 0 Å². The third-order valence-corrected chi connectivity index (χ3v) is 3.50. The van der Waals surface area contributed by atoms with Gasteiger partial charge in [0.1, 0.15) is 12.9 Å². The zero-order chi connectivity index (χ0) is 18.4. The fourth-order valence-corrected chi connectivity index (χ4v) is 2.31. The van der Waals surface area contributed by atoms with Crippen LogP contribution in [0.1, 0.15) is 34.6 Å². The van der Waals surface area contributed by atoms with Gasteiger partial charge in [-0.05, 0) is 26.0 Å². The molecule has 2 rings (SSSR count). The number of hydrogen-bond donors (Lipinski definition) is 2. The summed E-state index contributed by atoms with van der Waals surface area (Å²) in [7, 11) is 0. The maximum Gasteiger partial charge on any atom is 0.338 e. The van der Waals surface area contributed by atoms with Crippen molar-refractivity contribution < 1.29 is 28.7 Å². The van der Waals surface area contributed by atoms with Crippen molar-refractivity contribution in [2.45, 2.75) is 19.9 Å². The van der Waals surface area contributed by atoms with E-state index in [-0.39, 0.29) is 30.0 Å². The monoisotopic (exact) mass is 346 g/mol. The van der Waals surface area contributed by atoms with Gasteiger partial charge in [-0.25, -0.2) is 14.4 Å². The smallest absolute Gasteiger partial charge is 0.338 e. The van der Waals surface area contributed by atoms with Gasteiger partial charge < -0.3 is 20.1 Å².